The van der Waals surface area contributed by atoms with Crippen LogP contribution in [0.1, 0.15) is 12.2 Å². The van der Waals surface area contributed by atoms with Gasteiger partial charge in [-0.1, -0.05) is 0 Å². The summed E-state index contributed by atoms with van der Waals surface area (Å²) in [4.78, 5) is 4.09. The van der Waals surface area contributed by atoms with Crippen LogP contribution in [-0.4, -0.2) is 41.8 Å². The topological polar surface area (TPSA) is 49.2 Å². The lowest BCUT2D eigenvalue weighted by atomic mass is 10.2. The SMILES string of the molecule is COCCn1nc(CCC(F)(F)F)nc1-c1cc(Br)c(OC)cc1F. The van der Waals surface area contributed by atoms with Crippen LogP contribution in [-0.2, 0) is 17.7 Å². The minimum Gasteiger partial charge on any atom is -0.495 e. The van der Waals surface area contributed by atoms with E-state index in [4.69, 9.17) is 9.47 Å². The number of methoxy groups -OCH3 is 2. The number of alkyl halides is 3. The molecule has 1 heterocycles. The van der Waals surface area contributed by atoms with Crippen molar-refractivity contribution in [3.8, 4) is 17.1 Å². The molecule has 2 rings (SSSR count). The molecule has 5 nitrogen and oxygen atoms in total. The smallest absolute Gasteiger partial charge is 0.389 e. The molecule has 0 aliphatic rings. The van der Waals surface area contributed by atoms with Gasteiger partial charge in [0.1, 0.15) is 11.6 Å². The summed E-state index contributed by atoms with van der Waals surface area (Å²) < 4.78 is 63.4. The van der Waals surface area contributed by atoms with Crippen LogP contribution in [0.2, 0.25) is 0 Å². The highest BCUT2D eigenvalue weighted by Gasteiger charge is 2.28. The van der Waals surface area contributed by atoms with Gasteiger partial charge >= 0.3 is 6.18 Å². The molecule has 0 bridgehead atoms. The number of halogens is 5. The first-order valence-corrected chi connectivity index (χ1v) is 8.07. The maximum absolute atomic E-state index is 14.4. The van der Waals surface area contributed by atoms with Gasteiger partial charge in [0.15, 0.2) is 11.6 Å². The van der Waals surface area contributed by atoms with Gasteiger partial charge < -0.3 is 9.47 Å². The Balaban J connectivity index is 2.41. The van der Waals surface area contributed by atoms with Crippen LogP contribution < -0.4 is 4.74 Å². The number of aryl methyl sites for hydroxylation is 1. The highest BCUT2D eigenvalue weighted by Crippen LogP contribution is 2.33. The van der Waals surface area contributed by atoms with E-state index in [1.54, 1.807) is 0 Å². The average Bonchev–Trinajstić information content (AvgIpc) is 2.95. The van der Waals surface area contributed by atoms with Crippen LogP contribution in [0.4, 0.5) is 17.6 Å². The molecular formula is C15H16BrF4N3O2. The van der Waals surface area contributed by atoms with Crippen LogP contribution in [0.25, 0.3) is 11.4 Å². The van der Waals surface area contributed by atoms with Crippen molar-refractivity contribution < 1.29 is 27.0 Å². The summed E-state index contributed by atoms with van der Waals surface area (Å²) in [6, 6.07) is 2.62. The van der Waals surface area contributed by atoms with Gasteiger partial charge in [-0.3, -0.25) is 0 Å². The van der Waals surface area contributed by atoms with Crippen molar-refractivity contribution in [2.45, 2.75) is 25.6 Å². The minimum atomic E-state index is -4.31. The number of hydrogen-bond donors (Lipinski definition) is 0. The van der Waals surface area contributed by atoms with Crippen molar-refractivity contribution in [1.82, 2.24) is 14.8 Å². The maximum atomic E-state index is 14.4. The van der Waals surface area contributed by atoms with Gasteiger partial charge in [-0.15, -0.1) is 0 Å². The summed E-state index contributed by atoms with van der Waals surface area (Å²) in [6.45, 7) is 0.488. The van der Waals surface area contributed by atoms with E-state index in [1.807, 2.05) is 0 Å². The van der Waals surface area contributed by atoms with Crippen molar-refractivity contribution in [2.75, 3.05) is 20.8 Å². The Bertz CT molecular complexity index is 734. The van der Waals surface area contributed by atoms with E-state index < -0.39 is 18.4 Å². The van der Waals surface area contributed by atoms with Gasteiger partial charge in [0, 0.05) is 19.6 Å². The largest absolute Gasteiger partial charge is 0.495 e. The Kier molecular flexibility index (Phi) is 6.39. The van der Waals surface area contributed by atoms with E-state index >= 15 is 0 Å². The number of hydrogen-bond acceptors (Lipinski definition) is 4. The molecule has 0 atom stereocenters. The lowest BCUT2D eigenvalue weighted by Gasteiger charge is -2.09. The summed E-state index contributed by atoms with van der Waals surface area (Å²) in [5.74, 6) is -0.195. The number of benzene rings is 1. The van der Waals surface area contributed by atoms with Gasteiger partial charge in [0.2, 0.25) is 0 Å². The second-order valence-electron chi connectivity index (χ2n) is 5.15. The molecule has 1 aromatic heterocycles. The van der Waals surface area contributed by atoms with E-state index in [2.05, 4.69) is 26.0 Å². The molecule has 0 amide bonds. The second kappa shape index (κ2) is 8.13. The standard InChI is InChI=1S/C15H16BrF4N3O2/c1-24-6-5-23-14(21-13(22-23)3-4-15(18,19)20)9-7-10(16)12(25-2)8-11(9)17/h7-8H,3-6H2,1-2H3. The average molecular weight is 426 g/mol. The normalized spacial score (nSPS) is 11.8. The summed E-state index contributed by atoms with van der Waals surface area (Å²) >= 11 is 3.26. The minimum absolute atomic E-state index is 0.00484. The molecule has 0 N–H and O–H groups in total. The third-order valence-corrected chi connectivity index (χ3v) is 3.96. The van der Waals surface area contributed by atoms with E-state index in [0.717, 1.165) is 0 Å². The Hall–Kier alpha value is -1.68. The predicted octanol–water partition coefficient (Wildman–Crippen LogP) is 4.00. The number of nitrogens with zero attached hydrogens (tertiary/aromatic N) is 3. The van der Waals surface area contributed by atoms with Crippen LogP contribution in [0.5, 0.6) is 5.75 Å². The third-order valence-electron chi connectivity index (χ3n) is 3.34. The van der Waals surface area contributed by atoms with Crippen LogP contribution in [0.15, 0.2) is 16.6 Å². The zero-order valence-electron chi connectivity index (χ0n) is 13.5. The number of rotatable bonds is 7. The Morgan fingerprint density at radius 3 is 2.56 bits per heavy atom. The lowest BCUT2D eigenvalue weighted by Crippen LogP contribution is -2.10. The maximum Gasteiger partial charge on any atom is 0.389 e. The van der Waals surface area contributed by atoms with Crippen LogP contribution >= 0.6 is 15.9 Å². The van der Waals surface area contributed by atoms with Crippen molar-refractivity contribution in [2.24, 2.45) is 0 Å². The highest BCUT2D eigenvalue weighted by atomic mass is 79.9. The fourth-order valence-electron chi connectivity index (χ4n) is 2.14. The highest BCUT2D eigenvalue weighted by molar-refractivity contribution is 9.10. The van der Waals surface area contributed by atoms with Gasteiger partial charge in [-0.25, -0.2) is 14.1 Å². The molecule has 0 radical (unpaired) electrons. The molecule has 25 heavy (non-hydrogen) atoms. The predicted molar refractivity (Wildman–Crippen MR) is 85.9 cm³/mol. The van der Waals surface area contributed by atoms with E-state index in [1.165, 1.54) is 31.0 Å². The van der Waals surface area contributed by atoms with E-state index in [9.17, 15) is 17.6 Å². The monoisotopic (exact) mass is 425 g/mol. The third kappa shape index (κ3) is 5.15. The van der Waals surface area contributed by atoms with Crippen molar-refractivity contribution in [3.63, 3.8) is 0 Å². The lowest BCUT2D eigenvalue weighted by molar-refractivity contribution is -0.134. The number of ether oxygens (including phenoxy) is 2. The van der Waals surface area contributed by atoms with Gasteiger partial charge in [-0.05, 0) is 22.0 Å². The molecular weight excluding hydrogens is 410 g/mol. The Morgan fingerprint density at radius 2 is 1.96 bits per heavy atom. The molecule has 0 fully saturated rings. The second-order valence-corrected chi connectivity index (χ2v) is 6.00. The summed E-state index contributed by atoms with van der Waals surface area (Å²) in [7, 11) is 2.88. The Morgan fingerprint density at radius 1 is 1.24 bits per heavy atom. The first kappa shape index (κ1) is 19.6. The quantitative estimate of drug-likeness (QED) is 0.629. The van der Waals surface area contributed by atoms with Gasteiger partial charge in [0.05, 0.1) is 36.7 Å². The van der Waals surface area contributed by atoms with Gasteiger partial charge in [0.25, 0.3) is 0 Å². The van der Waals surface area contributed by atoms with Gasteiger partial charge in [-0.2, -0.15) is 18.3 Å². The Labute approximate surface area is 150 Å². The van der Waals surface area contributed by atoms with Crippen LogP contribution in [0.3, 0.4) is 0 Å². The fourth-order valence-corrected chi connectivity index (χ4v) is 2.64. The molecule has 0 aliphatic carbocycles. The van der Waals surface area contributed by atoms with Crippen LogP contribution in [0, 0.1) is 5.82 Å². The summed E-state index contributed by atoms with van der Waals surface area (Å²) in [6.07, 6.45) is -5.74. The summed E-state index contributed by atoms with van der Waals surface area (Å²) in [5, 5.41) is 4.05. The molecule has 10 heteroatoms. The molecule has 0 spiro atoms. The number of aromatic nitrogens is 3. The molecule has 0 unspecified atom stereocenters. The van der Waals surface area contributed by atoms with E-state index in [-0.39, 0.29) is 36.8 Å². The fraction of sp³-hybridized carbons (Fsp3) is 0.467. The summed E-state index contributed by atoms with van der Waals surface area (Å²) in [5.41, 5.74) is 0.106. The molecule has 0 aliphatic heterocycles. The van der Waals surface area contributed by atoms with E-state index in [0.29, 0.717) is 10.2 Å². The molecule has 1 aromatic carbocycles. The van der Waals surface area contributed by atoms with Crippen molar-refractivity contribution >= 4 is 15.9 Å². The van der Waals surface area contributed by atoms with Crippen molar-refractivity contribution in [1.29, 1.82) is 0 Å². The molecule has 0 saturated heterocycles. The first-order valence-electron chi connectivity index (χ1n) is 7.28. The molecule has 0 saturated carbocycles. The molecule has 138 valence electrons. The first-order chi connectivity index (χ1) is 11.7. The zero-order chi connectivity index (χ0) is 18.6. The zero-order valence-corrected chi connectivity index (χ0v) is 15.1. The van der Waals surface area contributed by atoms with Crippen molar-refractivity contribution in [3.05, 3.63) is 28.2 Å². The molecule has 2 aromatic rings.